The molecule has 1 rings (SSSR count). The second-order valence-corrected chi connectivity index (χ2v) is 5.82. The molecule has 0 aromatic heterocycles. The first-order valence-corrected chi connectivity index (χ1v) is 6.23. The third-order valence-electron chi connectivity index (χ3n) is 2.89. The Hall–Kier alpha value is -0.980. The number of hydrogen-bond acceptors (Lipinski definition) is 3. The summed E-state index contributed by atoms with van der Waals surface area (Å²) in [6, 6.07) is 0. The Bertz CT molecular complexity index is 325. The monoisotopic (exact) mass is 283 g/mol. The van der Waals surface area contributed by atoms with Crippen LogP contribution in [0.3, 0.4) is 0 Å². The van der Waals surface area contributed by atoms with Crippen LogP contribution in [0, 0.1) is 5.92 Å². The van der Waals surface area contributed by atoms with E-state index >= 15 is 0 Å². The van der Waals surface area contributed by atoms with E-state index in [1.54, 1.807) is 20.8 Å². The van der Waals surface area contributed by atoms with Crippen molar-refractivity contribution in [1.29, 1.82) is 0 Å². The summed E-state index contributed by atoms with van der Waals surface area (Å²) in [5.41, 5.74) is -0.688. The van der Waals surface area contributed by atoms with Gasteiger partial charge in [-0.2, -0.15) is 13.2 Å². The fourth-order valence-corrected chi connectivity index (χ4v) is 2.03. The van der Waals surface area contributed by atoms with Crippen LogP contribution < -0.4 is 0 Å². The predicted molar refractivity (Wildman–Crippen MR) is 62.6 cm³/mol. The third kappa shape index (κ3) is 4.89. The maximum atomic E-state index is 12.4. The molecule has 0 radical (unpaired) electrons. The second-order valence-electron chi connectivity index (χ2n) is 5.82. The van der Waals surface area contributed by atoms with Crippen molar-refractivity contribution in [2.75, 3.05) is 13.1 Å². The van der Waals surface area contributed by atoms with Crippen molar-refractivity contribution in [3.05, 3.63) is 0 Å². The lowest BCUT2D eigenvalue weighted by Crippen LogP contribution is -2.48. The van der Waals surface area contributed by atoms with Crippen LogP contribution in [0.5, 0.6) is 0 Å². The van der Waals surface area contributed by atoms with Gasteiger partial charge in [0.2, 0.25) is 0 Å². The van der Waals surface area contributed by atoms with Gasteiger partial charge in [-0.15, -0.1) is 0 Å². The molecule has 1 amide bonds. The highest BCUT2D eigenvalue weighted by atomic mass is 19.4. The minimum Gasteiger partial charge on any atom is -0.444 e. The largest absolute Gasteiger partial charge is 0.444 e. The van der Waals surface area contributed by atoms with E-state index in [4.69, 9.17) is 4.74 Å². The molecule has 0 aliphatic carbocycles. The summed E-state index contributed by atoms with van der Waals surface area (Å²) in [4.78, 5) is 13.0. The number of alkyl halides is 3. The fraction of sp³-hybridized carbons (Fsp3) is 0.917. The lowest BCUT2D eigenvalue weighted by atomic mass is 9.92. The fourth-order valence-electron chi connectivity index (χ4n) is 2.03. The molecule has 1 N–H and O–H groups in total. The Balaban J connectivity index is 2.62. The number of carbonyl (C=O) groups is 1. The molecular weight excluding hydrogens is 263 g/mol. The number of carbonyl (C=O) groups excluding carboxylic acids is 1. The van der Waals surface area contributed by atoms with Gasteiger partial charge in [-0.3, -0.25) is 0 Å². The van der Waals surface area contributed by atoms with Crippen LogP contribution in [-0.2, 0) is 4.74 Å². The van der Waals surface area contributed by atoms with Crippen LogP contribution in [0.2, 0.25) is 0 Å². The van der Waals surface area contributed by atoms with Crippen LogP contribution in [0.4, 0.5) is 18.0 Å². The highest BCUT2D eigenvalue weighted by molar-refractivity contribution is 5.68. The average Bonchev–Trinajstić information content (AvgIpc) is 2.24. The molecule has 0 saturated carbocycles. The minimum absolute atomic E-state index is 0.129. The van der Waals surface area contributed by atoms with Crippen molar-refractivity contribution in [1.82, 2.24) is 4.90 Å². The number of rotatable bonds is 1. The first kappa shape index (κ1) is 16.1. The van der Waals surface area contributed by atoms with Gasteiger partial charge in [-0.25, -0.2) is 4.79 Å². The van der Waals surface area contributed by atoms with Gasteiger partial charge in [-0.1, -0.05) is 0 Å². The second kappa shape index (κ2) is 5.56. The standard InChI is InChI=1S/C12H20F3NO3/c1-11(2,3)19-10(18)16-6-4-5-8(7-16)9(17)12(13,14)15/h8-9,17H,4-7H2,1-3H3/t8?,9-/m1/s1. The van der Waals surface area contributed by atoms with Crippen LogP contribution in [-0.4, -0.2) is 47.1 Å². The summed E-state index contributed by atoms with van der Waals surface area (Å²) in [6.45, 7) is 5.30. The topological polar surface area (TPSA) is 49.8 Å². The van der Waals surface area contributed by atoms with Crippen molar-refractivity contribution < 1.29 is 27.8 Å². The first-order chi connectivity index (χ1) is 8.50. The SMILES string of the molecule is CC(C)(C)OC(=O)N1CCCC([C@@H](O)C(F)(F)F)C1. The molecule has 19 heavy (non-hydrogen) atoms. The summed E-state index contributed by atoms with van der Waals surface area (Å²) in [7, 11) is 0. The Morgan fingerprint density at radius 2 is 1.95 bits per heavy atom. The van der Waals surface area contributed by atoms with Crippen molar-refractivity contribution >= 4 is 6.09 Å². The first-order valence-electron chi connectivity index (χ1n) is 6.23. The molecule has 0 aromatic carbocycles. The number of amides is 1. The van der Waals surface area contributed by atoms with E-state index in [0.717, 1.165) is 0 Å². The van der Waals surface area contributed by atoms with Gasteiger partial charge in [-0.05, 0) is 33.6 Å². The van der Waals surface area contributed by atoms with Crippen molar-refractivity contribution in [2.45, 2.75) is 51.5 Å². The zero-order valence-electron chi connectivity index (χ0n) is 11.3. The number of nitrogens with zero attached hydrogens (tertiary/aromatic N) is 1. The minimum atomic E-state index is -4.65. The zero-order chi connectivity index (χ0) is 14.8. The summed E-state index contributed by atoms with van der Waals surface area (Å²) < 4.78 is 42.5. The smallest absolute Gasteiger partial charge is 0.414 e. The van der Waals surface area contributed by atoms with Gasteiger partial charge in [0.15, 0.2) is 6.10 Å². The van der Waals surface area contributed by atoms with E-state index < -0.39 is 29.9 Å². The number of hydrogen-bond donors (Lipinski definition) is 1. The third-order valence-corrected chi connectivity index (χ3v) is 2.89. The maximum Gasteiger partial charge on any atom is 0.414 e. The lowest BCUT2D eigenvalue weighted by molar-refractivity contribution is -0.223. The molecule has 1 heterocycles. The van der Waals surface area contributed by atoms with Crippen LogP contribution in [0.15, 0.2) is 0 Å². The Morgan fingerprint density at radius 3 is 2.42 bits per heavy atom. The molecule has 1 saturated heterocycles. The Kier molecular flexibility index (Phi) is 4.71. The van der Waals surface area contributed by atoms with Crippen LogP contribution >= 0.6 is 0 Å². The van der Waals surface area contributed by atoms with Gasteiger partial charge in [0, 0.05) is 19.0 Å². The summed E-state index contributed by atoms with van der Waals surface area (Å²) in [5.74, 6) is -0.985. The highest BCUT2D eigenvalue weighted by Gasteiger charge is 2.45. The molecule has 0 spiro atoms. The summed E-state index contributed by atoms with van der Waals surface area (Å²) in [5, 5.41) is 9.24. The van der Waals surface area contributed by atoms with E-state index in [-0.39, 0.29) is 13.0 Å². The van der Waals surface area contributed by atoms with Crippen LogP contribution in [0.1, 0.15) is 33.6 Å². The molecular formula is C12H20F3NO3. The van der Waals surface area contributed by atoms with Gasteiger partial charge in [0.25, 0.3) is 0 Å². The number of piperidine rings is 1. The Morgan fingerprint density at radius 1 is 1.37 bits per heavy atom. The van der Waals surface area contributed by atoms with Crippen LogP contribution in [0.25, 0.3) is 0 Å². The number of ether oxygens (including phenoxy) is 1. The molecule has 2 atom stereocenters. The number of aliphatic hydroxyl groups is 1. The number of likely N-dealkylation sites (tertiary alicyclic amines) is 1. The molecule has 1 fully saturated rings. The molecule has 0 aromatic rings. The molecule has 1 aliphatic heterocycles. The average molecular weight is 283 g/mol. The van der Waals surface area contributed by atoms with E-state index in [1.807, 2.05) is 0 Å². The summed E-state index contributed by atoms with van der Waals surface area (Å²) >= 11 is 0. The predicted octanol–water partition coefficient (Wildman–Crippen LogP) is 2.56. The number of aliphatic hydroxyl groups excluding tert-OH is 1. The van der Waals surface area contributed by atoms with E-state index in [9.17, 15) is 23.1 Å². The van der Waals surface area contributed by atoms with E-state index in [2.05, 4.69) is 0 Å². The molecule has 1 unspecified atom stereocenters. The molecule has 1 aliphatic rings. The van der Waals surface area contributed by atoms with Crippen molar-refractivity contribution in [2.24, 2.45) is 5.92 Å². The maximum absolute atomic E-state index is 12.4. The Labute approximate surface area is 110 Å². The molecule has 4 nitrogen and oxygen atoms in total. The zero-order valence-corrected chi connectivity index (χ0v) is 11.3. The van der Waals surface area contributed by atoms with Gasteiger partial charge in [0.1, 0.15) is 5.60 Å². The summed E-state index contributed by atoms with van der Waals surface area (Å²) in [6.07, 6.45) is -7.00. The van der Waals surface area contributed by atoms with Crippen molar-refractivity contribution in [3.63, 3.8) is 0 Å². The normalized spacial score (nSPS) is 23.1. The lowest BCUT2D eigenvalue weighted by Gasteiger charge is -2.36. The van der Waals surface area contributed by atoms with E-state index in [1.165, 1.54) is 4.90 Å². The molecule has 112 valence electrons. The quantitative estimate of drug-likeness (QED) is 0.804. The van der Waals surface area contributed by atoms with Gasteiger partial charge < -0.3 is 14.7 Å². The molecule has 7 heteroatoms. The highest BCUT2D eigenvalue weighted by Crippen LogP contribution is 2.31. The van der Waals surface area contributed by atoms with E-state index in [0.29, 0.717) is 13.0 Å². The van der Waals surface area contributed by atoms with Gasteiger partial charge in [0.05, 0.1) is 0 Å². The van der Waals surface area contributed by atoms with Gasteiger partial charge >= 0.3 is 12.3 Å². The number of halogens is 3. The molecule has 0 bridgehead atoms. The van der Waals surface area contributed by atoms with Crippen molar-refractivity contribution in [3.8, 4) is 0 Å².